The van der Waals surface area contributed by atoms with Crippen LogP contribution in [0, 0.1) is 28.6 Å². The molecule has 4 rings (SSSR count). The molecular weight excluding hydrogens is 456 g/mol. The summed E-state index contributed by atoms with van der Waals surface area (Å²) in [6.45, 7) is 10.7. The van der Waals surface area contributed by atoms with Gasteiger partial charge in [0.2, 0.25) is 17.6 Å². The molecule has 0 aromatic rings. The summed E-state index contributed by atoms with van der Waals surface area (Å²) in [6.07, 6.45) is 9.13. The number of fused-ring (bicyclic) bond motifs is 1. The van der Waals surface area contributed by atoms with Crippen LogP contribution in [0.3, 0.4) is 0 Å². The van der Waals surface area contributed by atoms with Crippen molar-refractivity contribution in [1.82, 2.24) is 15.1 Å². The molecule has 1 unspecified atom stereocenters. The standard InChI is InChI=1S/C28H44N4O4/c1-6-14-30-24(34)22(33)19(15-17-10-11-17)31(5)25(35)21-20-18(27(20,2)3)16-32(21)26(36)23(29)28(4)12-8-7-9-13-28/h6,17-21,23H,1,7-16,29H2,2-5H3,(H,30,34)/t18-,19?,20-,21-,23+/m0/s1. The number of rotatable bonds is 10. The van der Waals surface area contributed by atoms with Gasteiger partial charge in [0.25, 0.3) is 5.91 Å². The van der Waals surface area contributed by atoms with Crippen LogP contribution in [0.2, 0.25) is 0 Å². The van der Waals surface area contributed by atoms with Crippen LogP contribution in [0.1, 0.15) is 72.1 Å². The average Bonchev–Trinajstić information content (AvgIpc) is 3.72. The van der Waals surface area contributed by atoms with Crippen molar-refractivity contribution in [2.24, 2.45) is 34.3 Å². The normalized spacial score (nSPS) is 29.5. The van der Waals surface area contributed by atoms with Gasteiger partial charge in [0.15, 0.2) is 0 Å². The van der Waals surface area contributed by atoms with Gasteiger partial charge in [0.05, 0.1) is 6.04 Å². The number of nitrogens with zero attached hydrogens (tertiary/aromatic N) is 2. The van der Waals surface area contributed by atoms with Crippen molar-refractivity contribution in [1.29, 1.82) is 0 Å². The highest BCUT2D eigenvalue weighted by Gasteiger charge is 2.70. The molecule has 3 N–H and O–H groups in total. The van der Waals surface area contributed by atoms with Crippen LogP contribution >= 0.6 is 0 Å². The van der Waals surface area contributed by atoms with E-state index in [4.69, 9.17) is 5.73 Å². The zero-order valence-corrected chi connectivity index (χ0v) is 22.4. The molecule has 4 aliphatic rings. The van der Waals surface area contributed by atoms with Crippen molar-refractivity contribution in [3.8, 4) is 0 Å². The monoisotopic (exact) mass is 500 g/mol. The Balaban J connectivity index is 1.55. The van der Waals surface area contributed by atoms with Crippen LogP contribution in [0.15, 0.2) is 12.7 Å². The van der Waals surface area contributed by atoms with E-state index in [1.807, 2.05) is 0 Å². The number of nitrogens with one attached hydrogen (secondary N) is 1. The third-order valence-corrected chi connectivity index (χ3v) is 9.76. The van der Waals surface area contributed by atoms with Crippen molar-refractivity contribution in [2.75, 3.05) is 20.1 Å². The number of hydrogen-bond acceptors (Lipinski definition) is 5. The third-order valence-electron chi connectivity index (χ3n) is 9.76. The molecule has 0 bridgehead atoms. The second-order valence-corrected chi connectivity index (χ2v) is 12.6. The lowest BCUT2D eigenvalue weighted by Gasteiger charge is -2.42. The Kier molecular flexibility index (Phi) is 7.39. The largest absolute Gasteiger partial charge is 0.346 e. The predicted molar refractivity (Wildman–Crippen MR) is 138 cm³/mol. The fourth-order valence-electron chi connectivity index (χ4n) is 6.82. The van der Waals surface area contributed by atoms with Crippen molar-refractivity contribution >= 4 is 23.5 Å². The summed E-state index contributed by atoms with van der Waals surface area (Å²) in [5.41, 5.74) is 6.30. The summed E-state index contributed by atoms with van der Waals surface area (Å²) in [5.74, 6) is -1.09. The summed E-state index contributed by atoms with van der Waals surface area (Å²) < 4.78 is 0. The zero-order chi connectivity index (χ0) is 26.4. The summed E-state index contributed by atoms with van der Waals surface area (Å²) in [5, 5.41) is 2.56. The molecule has 3 saturated carbocycles. The Morgan fingerprint density at radius 1 is 1.14 bits per heavy atom. The average molecular weight is 501 g/mol. The van der Waals surface area contributed by atoms with Crippen molar-refractivity contribution in [3.05, 3.63) is 12.7 Å². The Labute approximate surface area is 215 Å². The molecule has 0 aromatic carbocycles. The lowest BCUT2D eigenvalue weighted by Crippen LogP contribution is -2.60. The predicted octanol–water partition coefficient (Wildman–Crippen LogP) is 2.27. The maximum atomic E-state index is 14.0. The molecule has 0 spiro atoms. The van der Waals surface area contributed by atoms with Crippen LogP contribution in [-0.4, -0.2) is 71.6 Å². The maximum absolute atomic E-state index is 14.0. The Morgan fingerprint density at radius 3 is 2.36 bits per heavy atom. The second-order valence-electron chi connectivity index (χ2n) is 12.6. The molecule has 200 valence electrons. The number of ketones is 1. The number of hydrogen-bond donors (Lipinski definition) is 2. The lowest BCUT2D eigenvalue weighted by atomic mass is 9.70. The minimum atomic E-state index is -0.836. The number of nitrogens with two attached hydrogens (primary N) is 1. The van der Waals surface area contributed by atoms with Crippen LogP contribution in [0.25, 0.3) is 0 Å². The molecule has 0 aromatic heterocycles. The van der Waals surface area contributed by atoms with Gasteiger partial charge in [-0.15, -0.1) is 6.58 Å². The van der Waals surface area contributed by atoms with E-state index in [9.17, 15) is 19.2 Å². The van der Waals surface area contributed by atoms with E-state index in [1.54, 1.807) is 11.9 Å². The summed E-state index contributed by atoms with van der Waals surface area (Å²) >= 11 is 0. The molecule has 1 heterocycles. The number of likely N-dealkylation sites (N-methyl/N-ethyl adjacent to an activating group) is 1. The number of amides is 3. The van der Waals surface area contributed by atoms with Crippen LogP contribution in [-0.2, 0) is 19.2 Å². The molecule has 8 nitrogen and oxygen atoms in total. The third kappa shape index (κ3) is 4.85. The number of carbonyl (C=O) groups is 4. The molecule has 4 fully saturated rings. The van der Waals surface area contributed by atoms with Gasteiger partial charge in [-0.25, -0.2) is 0 Å². The van der Waals surface area contributed by atoms with Gasteiger partial charge in [-0.2, -0.15) is 0 Å². The first-order valence-electron chi connectivity index (χ1n) is 13.7. The molecule has 8 heteroatoms. The number of Topliss-reactive ketones (excluding diaryl/α,β-unsaturated/α-hetero) is 1. The quantitative estimate of drug-likeness (QED) is 0.353. The molecule has 1 saturated heterocycles. The van der Waals surface area contributed by atoms with E-state index in [1.165, 1.54) is 17.4 Å². The van der Waals surface area contributed by atoms with E-state index < -0.39 is 29.8 Å². The molecule has 3 amide bonds. The number of likely N-dealkylation sites (tertiary alicyclic amines) is 1. The summed E-state index contributed by atoms with van der Waals surface area (Å²) in [4.78, 5) is 56.6. The molecule has 0 radical (unpaired) electrons. The topological polar surface area (TPSA) is 113 Å². The molecule has 1 aliphatic heterocycles. The van der Waals surface area contributed by atoms with E-state index >= 15 is 0 Å². The highest BCUT2D eigenvalue weighted by atomic mass is 16.2. The Hall–Kier alpha value is -2.22. The highest BCUT2D eigenvalue weighted by molar-refractivity contribution is 6.38. The van der Waals surface area contributed by atoms with E-state index in [-0.39, 0.29) is 41.0 Å². The number of piperidine rings is 1. The van der Waals surface area contributed by atoms with Crippen LogP contribution < -0.4 is 11.1 Å². The first-order valence-corrected chi connectivity index (χ1v) is 13.7. The summed E-state index contributed by atoms with van der Waals surface area (Å²) in [6, 6.07) is -2.13. The van der Waals surface area contributed by atoms with Crippen molar-refractivity contribution in [2.45, 2.75) is 90.3 Å². The molecule has 5 atom stereocenters. The second kappa shape index (κ2) is 9.92. The van der Waals surface area contributed by atoms with E-state index in [2.05, 4.69) is 32.7 Å². The Morgan fingerprint density at radius 2 is 1.78 bits per heavy atom. The van der Waals surface area contributed by atoms with Crippen molar-refractivity contribution < 1.29 is 19.2 Å². The van der Waals surface area contributed by atoms with Crippen molar-refractivity contribution in [3.63, 3.8) is 0 Å². The molecule has 3 aliphatic carbocycles. The van der Waals surface area contributed by atoms with Crippen LogP contribution in [0.4, 0.5) is 0 Å². The minimum absolute atomic E-state index is 0.0361. The van der Waals surface area contributed by atoms with Gasteiger partial charge < -0.3 is 20.9 Å². The van der Waals surface area contributed by atoms with Gasteiger partial charge >= 0.3 is 0 Å². The maximum Gasteiger partial charge on any atom is 0.289 e. The fourth-order valence-corrected chi connectivity index (χ4v) is 6.82. The fraction of sp³-hybridized carbons (Fsp3) is 0.786. The SMILES string of the molecule is C=CCNC(=O)C(=O)C(CC1CC1)N(C)C(=O)[C@@H]1[C@@H]2[C@H](CN1C(=O)[C@@H](N)C1(C)CCCCC1)C2(C)C. The molecule has 36 heavy (non-hydrogen) atoms. The van der Waals surface area contributed by atoms with E-state index in [0.717, 1.165) is 38.5 Å². The van der Waals surface area contributed by atoms with Gasteiger partial charge in [-0.3, -0.25) is 19.2 Å². The van der Waals surface area contributed by atoms with Gasteiger partial charge in [-0.05, 0) is 47.8 Å². The first-order chi connectivity index (χ1) is 16.9. The van der Waals surface area contributed by atoms with E-state index in [0.29, 0.717) is 18.9 Å². The van der Waals surface area contributed by atoms with Gasteiger partial charge in [-0.1, -0.05) is 59.0 Å². The van der Waals surface area contributed by atoms with Crippen LogP contribution in [0.5, 0.6) is 0 Å². The minimum Gasteiger partial charge on any atom is -0.346 e. The Bertz CT molecular complexity index is 921. The number of carbonyl (C=O) groups excluding carboxylic acids is 4. The lowest BCUT2D eigenvalue weighted by molar-refractivity contribution is -0.152. The first kappa shape index (κ1) is 26.8. The zero-order valence-electron chi connectivity index (χ0n) is 22.4. The van der Waals surface area contributed by atoms with Gasteiger partial charge in [0, 0.05) is 20.1 Å². The van der Waals surface area contributed by atoms with Gasteiger partial charge in [0.1, 0.15) is 12.1 Å². The highest BCUT2D eigenvalue weighted by Crippen LogP contribution is 2.65. The summed E-state index contributed by atoms with van der Waals surface area (Å²) in [7, 11) is 1.61. The smallest absolute Gasteiger partial charge is 0.289 e. The molecular formula is C28H44N4O4.